The predicted molar refractivity (Wildman–Crippen MR) is 49.1 cm³/mol. The van der Waals surface area contributed by atoms with E-state index < -0.39 is 0 Å². The minimum atomic E-state index is 1.03. The number of aryl methyl sites for hydroxylation is 1. The minimum Gasteiger partial charge on any atom is -0.121 e. The highest BCUT2D eigenvalue weighted by atomic mass is 31.1. The molecule has 0 amide bonds. The summed E-state index contributed by atoms with van der Waals surface area (Å²) in [7, 11) is 1.03. The van der Waals surface area contributed by atoms with Crippen LogP contribution in [0.2, 0.25) is 0 Å². The van der Waals surface area contributed by atoms with Gasteiger partial charge in [-0.25, -0.2) is 0 Å². The van der Waals surface area contributed by atoms with Gasteiger partial charge < -0.3 is 0 Å². The quantitative estimate of drug-likeness (QED) is 0.571. The third-order valence-electron chi connectivity index (χ3n) is 1.50. The highest BCUT2D eigenvalue weighted by Crippen LogP contribution is 2.13. The molecule has 54 valence electrons. The van der Waals surface area contributed by atoms with E-state index in [1.54, 1.807) is 0 Å². The zero-order chi connectivity index (χ0) is 7.40. The fourth-order valence-corrected chi connectivity index (χ4v) is 1.55. The second kappa shape index (κ2) is 3.73. The molecule has 0 aromatic heterocycles. The van der Waals surface area contributed by atoms with Crippen molar-refractivity contribution in [3.05, 3.63) is 35.4 Å². The molecule has 1 heteroatoms. The van der Waals surface area contributed by atoms with Crippen LogP contribution >= 0.6 is 8.58 Å². The zero-order valence-corrected chi connectivity index (χ0v) is 7.52. The molecule has 1 unspecified atom stereocenters. The lowest BCUT2D eigenvalue weighted by Gasteiger charge is -1.97. The fraction of sp³-hybridized carbons (Fsp3) is 0.333. The first kappa shape index (κ1) is 7.75. The lowest BCUT2D eigenvalue weighted by atomic mass is 10.2. The van der Waals surface area contributed by atoms with Gasteiger partial charge in [-0.15, -0.1) is 8.58 Å². The Kier molecular flexibility index (Phi) is 2.89. The molecule has 0 bridgehead atoms. The summed E-state index contributed by atoms with van der Waals surface area (Å²) in [5, 5.41) is 0. The van der Waals surface area contributed by atoms with E-state index >= 15 is 0 Å². The van der Waals surface area contributed by atoms with Crippen LogP contribution in [0.1, 0.15) is 11.1 Å². The van der Waals surface area contributed by atoms with Crippen molar-refractivity contribution >= 4 is 8.58 Å². The van der Waals surface area contributed by atoms with Crippen molar-refractivity contribution in [2.45, 2.75) is 13.1 Å². The molecule has 1 atom stereocenters. The van der Waals surface area contributed by atoms with E-state index in [0.717, 1.165) is 8.58 Å². The largest absolute Gasteiger partial charge is 0.121 e. The lowest BCUT2D eigenvalue weighted by molar-refractivity contribution is 1.36. The van der Waals surface area contributed by atoms with Crippen LogP contribution in [0.25, 0.3) is 0 Å². The average Bonchev–Trinajstić information content (AvgIpc) is 1.95. The average molecular weight is 152 g/mol. The van der Waals surface area contributed by atoms with Crippen molar-refractivity contribution in [1.29, 1.82) is 0 Å². The Morgan fingerprint density at radius 1 is 1.20 bits per heavy atom. The molecule has 0 nitrogen and oxygen atoms in total. The van der Waals surface area contributed by atoms with Gasteiger partial charge in [0.2, 0.25) is 0 Å². The van der Waals surface area contributed by atoms with Crippen molar-refractivity contribution < 1.29 is 0 Å². The molecule has 0 N–H and O–H groups in total. The third-order valence-corrected chi connectivity index (χ3v) is 2.26. The fourth-order valence-electron chi connectivity index (χ4n) is 0.910. The molecule has 0 fully saturated rings. The number of hydrogen-bond donors (Lipinski definition) is 0. The van der Waals surface area contributed by atoms with Crippen LogP contribution in [0.3, 0.4) is 0 Å². The SMILES string of the molecule is CPCc1ccc(C)cc1. The maximum Gasteiger partial charge on any atom is -0.0103 e. The molecule has 0 saturated carbocycles. The Labute approximate surface area is 64.4 Å². The standard InChI is InChI=1S/C9H13P/c1-8-3-5-9(6-4-8)7-10-2/h3-6,10H,7H2,1-2H3. The van der Waals surface area contributed by atoms with Gasteiger partial charge in [-0.1, -0.05) is 29.8 Å². The van der Waals surface area contributed by atoms with E-state index in [4.69, 9.17) is 0 Å². The molecule has 10 heavy (non-hydrogen) atoms. The second-order valence-electron chi connectivity index (χ2n) is 2.52. The number of benzene rings is 1. The van der Waals surface area contributed by atoms with Gasteiger partial charge in [-0.3, -0.25) is 0 Å². The molecule has 0 aliphatic carbocycles. The van der Waals surface area contributed by atoms with Crippen LogP contribution in [-0.4, -0.2) is 6.66 Å². The lowest BCUT2D eigenvalue weighted by Crippen LogP contribution is -1.77. The van der Waals surface area contributed by atoms with E-state index in [0.29, 0.717) is 0 Å². The predicted octanol–water partition coefficient (Wildman–Crippen LogP) is 2.80. The zero-order valence-electron chi connectivity index (χ0n) is 6.52. The highest BCUT2D eigenvalue weighted by Gasteiger charge is 1.87. The first-order chi connectivity index (χ1) is 4.83. The topological polar surface area (TPSA) is 0 Å². The van der Waals surface area contributed by atoms with E-state index in [1.807, 2.05) is 0 Å². The highest BCUT2D eigenvalue weighted by molar-refractivity contribution is 7.36. The summed E-state index contributed by atoms with van der Waals surface area (Å²) in [4.78, 5) is 0. The maximum absolute atomic E-state index is 2.24. The van der Waals surface area contributed by atoms with Crippen molar-refractivity contribution in [3.8, 4) is 0 Å². The van der Waals surface area contributed by atoms with Gasteiger partial charge in [0.15, 0.2) is 0 Å². The first-order valence-corrected chi connectivity index (χ1v) is 5.24. The monoisotopic (exact) mass is 152 g/mol. The Balaban J connectivity index is 2.69. The summed E-state index contributed by atoms with van der Waals surface area (Å²) >= 11 is 0. The van der Waals surface area contributed by atoms with E-state index in [9.17, 15) is 0 Å². The van der Waals surface area contributed by atoms with Crippen molar-refractivity contribution in [3.63, 3.8) is 0 Å². The Hall–Kier alpha value is -0.350. The van der Waals surface area contributed by atoms with Gasteiger partial charge >= 0.3 is 0 Å². The molecular weight excluding hydrogens is 139 g/mol. The van der Waals surface area contributed by atoms with E-state index in [-0.39, 0.29) is 0 Å². The summed E-state index contributed by atoms with van der Waals surface area (Å²) in [6.07, 6.45) is 1.24. The van der Waals surface area contributed by atoms with E-state index in [2.05, 4.69) is 37.9 Å². The molecule has 0 radical (unpaired) electrons. The molecule has 1 aromatic rings. The molecule has 0 saturated heterocycles. The van der Waals surface area contributed by atoms with Gasteiger partial charge in [0.25, 0.3) is 0 Å². The van der Waals surface area contributed by atoms with Crippen LogP contribution in [-0.2, 0) is 6.16 Å². The van der Waals surface area contributed by atoms with Gasteiger partial charge in [-0.05, 0) is 25.3 Å². The van der Waals surface area contributed by atoms with Crippen molar-refractivity contribution in [2.24, 2.45) is 0 Å². The van der Waals surface area contributed by atoms with Crippen LogP contribution < -0.4 is 0 Å². The van der Waals surface area contributed by atoms with E-state index in [1.165, 1.54) is 17.3 Å². The van der Waals surface area contributed by atoms with Crippen molar-refractivity contribution in [2.75, 3.05) is 6.66 Å². The normalized spacial score (nSPS) is 11.0. The Bertz CT molecular complexity index is 188. The smallest absolute Gasteiger partial charge is 0.0103 e. The summed E-state index contributed by atoms with van der Waals surface area (Å²) < 4.78 is 0. The van der Waals surface area contributed by atoms with Crippen LogP contribution in [0, 0.1) is 6.92 Å². The molecule has 1 rings (SSSR count). The Morgan fingerprint density at radius 3 is 2.30 bits per heavy atom. The third kappa shape index (κ3) is 2.11. The molecule has 0 spiro atoms. The number of rotatable bonds is 2. The van der Waals surface area contributed by atoms with Gasteiger partial charge in [-0.2, -0.15) is 0 Å². The maximum atomic E-state index is 2.24. The van der Waals surface area contributed by atoms with Gasteiger partial charge in [0.05, 0.1) is 0 Å². The van der Waals surface area contributed by atoms with Crippen LogP contribution in [0.5, 0.6) is 0 Å². The number of hydrogen-bond acceptors (Lipinski definition) is 0. The summed E-state index contributed by atoms with van der Waals surface area (Å²) in [6.45, 7) is 4.36. The Morgan fingerprint density at radius 2 is 1.80 bits per heavy atom. The molecule has 1 aromatic carbocycles. The second-order valence-corrected chi connectivity index (χ2v) is 3.58. The first-order valence-electron chi connectivity index (χ1n) is 3.53. The summed E-state index contributed by atoms with van der Waals surface area (Å²) in [5.41, 5.74) is 2.81. The molecule has 0 aliphatic rings. The summed E-state index contributed by atoms with van der Waals surface area (Å²) in [5.74, 6) is 0. The minimum absolute atomic E-state index is 1.03. The molecule has 0 heterocycles. The summed E-state index contributed by atoms with van der Waals surface area (Å²) in [6, 6.07) is 8.78. The van der Waals surface area contributed by atoms with Crippen LogP contribution in [0.15, 0.2) is 24.3 Å². The molecular formula is C9H13P. The van der Waals surface area contributed by atoms with Crippen molar-refractivity contribution in [1.82, 2.24) is 0 Å². The van der Waals surface area contributed by atoms with Crippen LogP contribution in [0.4, 0.5) is 0 Å². The molecule has 0 aliphatic heterocycles. The van der Waals surface area contributed by atoms with Gasteiger partial charge in [0, 0.05) is 0 Å². The van der Waals surface area contributed by atoms with Gasteiger partial charge in [0.1, 0.15) is 0 Å².